The van der Waals surface area contributed by atoms with Gasteiger partial charge in [0.15, 0.2) is 0 Å². The van der Waals surface area contributed by atoms with Gasteiger partial charge in [0.1, 0.15) is 6.04 Å². The summed E-state index contributed by atoms with van der Waals surface area (Å²) in [5.74, 6) is -0.262. The van der Waals surface area contributed by atoms with Crippen LogP contribution in [0.1, 0.15) is 32.1 Å². The van der Waals surface area contributed by atoms with Gasteiger partial charge in [-0.05, 0) is 38.2 Å². The maximum Gasteiger partial charge on any atom is 0.245 e. The monoisotopic (exact) mass is 363 g/mol. The summed E-state index contributed by atoms with van der Waals surface area (Å²) < 4.78 is 5.33. The average molecular weight is 363 g/mol. The minimum absolute atomic E-state index is 0.0258. The second-order valence-electron chi connectivity index (χ2n) is 7.31. The van der Waals surface area contributed by atoms with Gasteiger partial charge in [0.25, 0.3) is 0 Å². The minimum Gasteiger partial charge on any atom is -0.378 e. The third-order valence-electron chi connectivity index (χ3n) is 5.65. The normalized spacial score (nSPS) is 27.2. The highest BCUT2D eigenvalue weighted by Crippen LogP contribution is 2.25. The molecule has 3 saturated heterocycles. The van der Waals surface area contributed by atoms with E-state index in [4.69, 9.17) is 4.74 Å². The molecule has 2 atom stereocenters. The van der Waals surface area contributed by atoms with Crippen molar-refractivity contribution in [2.24, 2.45) is 5.92 Å². The fraction of sp³-hybridized carbons (Fsp3) is 0.737. The molecule has 3 amide bonds. The average Bonchev–Trinajstić information content (AvgIpc) is 2.72. The number of piperidine rings is 2. The van der Waals surface area contributed by atoms with Crippen molar-refractivity contribution in [2.45, 2.75) is 38.1 Å². The van der Waals surface area contributed by atoms with Crippen LogP contribution in [0.5, 0.6) is 0 Å². The summed E-state index contributed by atoms with van der Waals surface area (Å²) in [4.78, 5) is 43.4. The Bertz CT molecular complexity index is 559. The van der Waals surface area contributed by atoms with Crippen LogP contribution in [0.25, 0.3) is 0 Å². The quantitative estimate of drug-likeness (QED) is 0.691. The Hall–Kier alpha value is -1.89. The van der Waals surface area contributed by atoms with Gasteiger partial charge in [0, 0.05) is 32.7 Å². The number of hydrogen-bond donors (Lipinski definition) is 0. The second kappa shape index (κ2) is 8.66. The first kappa shape index (κ1) is 18.9. The first-order valence-electron chi connectivity index (χ1n) is 9.70. The van der Waals surface area contributed by atoms with Crippen LogP contribution in [-0.2, 0) is 19.1 Å². The van der Waals surface area contributed by atoms with Crippen LogP contribution >= 0.6 is 0 Å². The number of amides is 3. The van der Waals surface area contributed by atoms with E-state index in [1.165, 1.54) is 6.08 Å². The smallest absolute Gasteiger partial charge is 0.245 e. The summed E-state index contributed by atoms with van der Waals surface area (Å²) in [6.07, 6.45) is 5.51. The van der Waals surface area contributed by atoms with E-state index < -0.39 is 0 Å². The van der Waals surface area contributed by atoms with E-state index in [9.17, 15) is 14.4 Å². The molecular formula is C19H29N3O4. The number of likely N-dealkylation sites (tertiary alicyclic amines) is 2. The molecule has 7 nitrogen and oxygen atoms in total. The lowest BCUT2D eigenvalue weighted by atomic mass is 9.93. The number of hydrogen-bond acceptors (Lipinski definition) is 4. The molecule has 0 aromatic heterocycles. The first-order chi connectivity index (χ1) is 12.6. The summed E-state index contributed by atoms with van der Waals surface area (Å²) >= 11 is 0. The van der Waals surface area contributed by atoms with Crippen molar-refractivity contribution in [3.8, 4) is 0 Å². The van der Waals surface area contributed by atoms with Gasteiger partial charge in [0.2, 0.25) is 17.7 Å². The maximum atomic E-state index is 13.2. The van der Waals surface area contributed by atoms with E-state index in [1.54, 1.807) is 9.80 Å². The number of rotatable bonds is 3. The van der Waals surface area contributed by atoms with Crippen LogP contribution in [0.4, 0.5) is 0 Å². The molecule has 3 rings (SSSR count). The molecule has 3 fully saturated rings. The highest BCUT2D eigenvalue weighted by atomic mass is 16.5. The molecule has 2 unspecified atom stereocenters. The molecule has 3 aliphatic heterocycles. The van der Waals surface area contributed by atoms with E-state index in [1.807, 2.05) is 4.90 Å². The first-order valence-corrected chi connectivity index (χ1v) is 9.70. The Morgan fingerprint density at radius 3 is 2.38 bits per heavy atom. The van der Waals surface area contributed by atoms with Crippen molar-refractivity contribution < 1.29 is 19.1 Å². The molecule has 0 radical (unpaired) electrons. The minimum atomic E-state index is -0.361. The molecule has 0 aliphatic carbocycles. The summed E-state index contributed by atoms with van der Waals surface area (Å²) in [5.41, 5.74) is 0. The standard InChI is InChI=1S/C19H29N3O4/c1-2-17(23)21-8-5-6-15(14-21)18(24)22-9-4-3-7-16(22)19(25)20-10-12-26-13-11-20/h2,15-16H,1,3-14H2. The predicted octanol–water partition coefficient (Wildman–Crippen LogP) is 0.651. The van der Waals surface area contributed by atoms with Gasteiger partial charge in [-0.15, -0.1) is 0 Å². The largest absolute Gasteiger partial charge is 0.378 e. The van der Waals surface area contributed by atoms with Crippen LogP contribution in [0.2, 0.25) is 0 Å². The number of carbonyl (C=O) groups excluding carboxylic acids is 3. The van der Waals surface area contributed by atoms with Crippen LogP contribution in [0.15, 0.2) is 12.7 Å². The number of nitrogens with zero attached hydrogens (tertiary/aromatic N) is 3. The lowest BCUT2D eigenvalue weighted by molar-refractivity contribution is -0.153. The molecule has 144 valence electrons. The Balaban J connectivity index is 1.68. The Morgan fingerprint density at radius 1 is 0.885 bits per heavy atom. The van der Waals surface area contributed by atoms with Gasteiger partial charge >= 0.3 is 0 Å². The Labute approximate surface area is 154 Å². The highest BCUT2D eigenvalue weighted by molar-refractivity contribution is 5.90. The predicted molar refractivity (Wildman–Crippen MR) is 96.3 cm³/mol. The molecule has 7 heteroatoms. The van der Waals surface area contributed by atoms with Gasteiger partial charge < -0.3 is 19.4 Å². The Kier molecular flexibility index (Phi) is 6.29. The third-order valence-corrected chi connectivity index (χ3v) is 5.65. The molecule has 0 spiro atoms. The molecular weight excluding hydrogens is 334 g/mol. The van der Waals surface area contributed by atoms with E-state index in [-0.39, 0.29) is 29.7 Å². The molecule has 3 heterocycles. The Morgan fingerprint density at radius 2 is 1.65 bits per heavy atom. The summed E-state index contributed by atoms with van der Waals surface area (Å²) in [6, 6.07) is -0.361. The number of carbonyl (C=O) groups is 3. The molecule has 0 aromatic rings. The topological polar surface area (TPSA) is 70.2 Å². The lowest BCUT2D eigenvalue weighted by Crippen LogP contribution is -2.57. The zero-order chi connectivity index (χ0) is 18.5. The fourth-order valence-electron chi connectivity index (χ4n) is 4.19. The van der Waals surface area contributed by atoms with Gasteiger partial charge in [-0.25, -0.2) is 0 Å². The molecule has 26 heavy (non-hydrogen) atoms. The summed E-state index contributed by atoms with van der Waals surface area (Å²) in [6.45, 7) is 7.59. The van der Waals surface area contributed by atoms with Gasteiger partial charge in [-0.1, -0.05) is 6.58 Å². The number of ether oxygens (including phenoxy) is 1. The van der Waals surface area contributed by atoms with E-state index in [0.29, 0.717) is 45.9 Å². The van der Waals surface area contributed by atoms with Crippen LogP contribution in [0, 0.1) is 5.92 Å². The zero-order valence-electron chi connectivity index (χ0n) is 15.4. The summed E-state index contributed by atoms with van der Waals surface area (Å²) in [5, 5.41) is 0. The van der Waals surface area contributed by atoms with Crippen molar-refractivity contribution in [3.05, 3.63) is 12.7 Å². The molecule has 0 aromatic carbocycles. The van der Waals surface area contributed by atoms with Gasteiger partial charge in [0.05, 0.1) is 19.1 Å². The molecule has 0 bridgehead atoms. The van der Waals surface area contributed by atoms with E-state index >= 15 is 0 Å². The van der Waals surface area contributed by atoms with Gasteiger partial charge in [-0.3, -0.25) is 14.4 Å². The van der Waals surface area contributed by atoms with Crippen LogP contribution in [-0.4, -0.2) is 84.4 Å². The van der Waals surface area contributed by atoms with Crippen LogP contribution < -0.4 is 0 Å². The zero-order valence-corrected chi connectivity index (χ0v) is 15.4. The van der Waals surface area contributed by atoms with Gasteiger partial charge in [-0.2, -0.15) is 0 Å². The number of morpholine rings is 1. The molecule has 0 N–H and O–H groups in total. The van der Waals surface area contributed by atoms with Crippen LogP contribution in [0.3, 0.4) is 0 Å². The van der Waals surface area contributed by atoms with Crippen molar-refractivity contribution in [1.29, 1.82) is 0 Å². The summed E-state index contributed by atoms with van der Waals surface area (Å²) in [7, 11) is 0. The fourth-order valence-corrected chi connectivity index (χ4v) is 4.19. The van der Waals surface area contributed by atoms with Crippen molar-refractivity contribution >= 4 is 17.7 Å². The van der Waals surface area contributed by atoms with Crippen molar-refractivity contribution in [2.75, 3.05) is 45.9 Å². The van der Waals surface area contributed by atoms with Crippen molar-refractivity contribution in [1.82, 2.24) is 14.7 Å². The third kappa shape index (κ3) is 4.09. The second-order valence-corrected chi connectivity index (χ2v) is 7.31. The van der Waals surface area contributed by atoms with Crippen molar-refractivity contribution in [3.63, 3.8) is 0 Å². The van der Waals surface area contributed by atoms with E-state index in [2.05, 4.69) is 6.58 Å². The lowest BCUT2D eigenvalue weighted by Gasteiger charge is -2.41. The SMILES string of the molecule is C=CC(=O)N1CCCC(C(=O)N2CCCCC2C(=O)N2CCOCC2)C1. The molecule has 3 aliphatic rings. The molecule has 0 saturated carbocycles. The maximum absolute atomic E-state index is 13.2. The van der Waals surface area contributed by atoms with E-state index in [0.717, 1.165) is 32.1 Å². The highest BCUT2D eigenvalue weighted by Gasteiger charge is 2.39.